The second-order valence-electron chi connectivity index (χ2n) is 6.61. The summed E-state index contributed by atoms with van der Waals surface area (Å²) >= 11 is 0. The van der Waals surface area contributed by atoms with Gasteiger partial charge in [-0.15, -0.1) is 0 Å². The fourth-order valence-electron chi connectivity index (χ4n) is 3.00. The lowest BCUT2D eigenvalue weighted by molar-refractivity contribution is -0.385. The maximum Gasteiger partial charge on any atom is 0.273 e. The summed E-state index contributed by atoms with van der Waals surface area (Å²) in [6, 6.07) is 10.2. The number of para-hydroxylation sites is 2. The number of benzene rings is 2. The number of aryl methyl sites for hydroxylation is 1. The van der Waals surface area contributed by atoms with Gasteiger partial charge in [-0.2, -0.15) is 0 Å². The Morgan fingerprint density at radius 1 is 1.31 bits per heavy atom. The molecule has 29 heavy (non-hydrogen) atoms. The van der Waals surface area contributed by atoms with Crippen LogP contribution in [0.2, 0.25) is 0 Å². The number of carbonyl (C=O) groups is 1. The lowest BCUT2D eigenvalue weighted by atomic mass is 10.2. The zero-order valence-corrected chi connectivity index (χ0v) is 16.8. The third-order valence-corrected chi connectivity index (χ3v) is 6.32. The Balaban J connectivity index is 2.04. The Morgan fingerprint density at radius 3 is 2.72 bits per heavy atom. The Labute approximate surface area is 168 Å². The van der Waals surface area contributed by atoms with Crippen molar-refractivity contribution in [3.05, 3.63) is 58.1 Å². The molecule has 154 valence electrons. The summed E-state index contributed by atoms with van der Waals surface area (Å²) < 4.78 is 33.4. The molecule has 0 radical (unpaired) electrons. The van der Waals surface area contributed by atoms with Crippen molar-refractivity contribution >= 4 is 27.3 Å². The predicted molar refractivity (Wildman–Crippen MR) is 107 cm³/mol. The number of nitro benzene ring substituents is 1. The molecule has 1 aliphatic rings. The fourth-order valence-corrected chi connectivity index (χ4v) is 4.50. The summed E-state index contributed by atoms with van der Waals surface area (Å²) in [4.78, 5) is 22.8. The molecule has 3 rings (SSSR count). The minimum Gasteiger partial charge on any atom is -0.476 e. The van der Waals surface area contributed by atoms with Crippen LogP contribution >= 0.6 is 0 Å². The van der Waals surface area contributed by atoms with Crippen LogP contribution in [-0.4, -0.2) is 38.4 Å². The standard InChI is InChI=1S/C19H21N3O6S/c1-3-10-20-19(23)18-12-21(15-6-4-5-7-17(15)28-18)29(26,27)14-9-8-13(2)16(11-14)22(24)25/h4-9,11,18H,3,10,12H2,1-2H3,(H,20,23)/t18-/m1/s1. The van der Waals surface area contributed by atoms with Crippen LogP contribution in [0.15, 0.2) is 47.4 Å². The number of sulfonamides is 1. The number of ether oxygens (including phenoxy) is 1. The third-order valence-electron chi connectivity index (χ3n) is 4.54. The monoisotopic (exact) mass is 419 g/mol. The SMILES string of the molecule is CCCNC(=O)[C@H]1CN(S(=O)(=O)c2ccc(C)c([N+](=O)[O-])c2)c2ccccc2O1. The first-order valence-electron chi connectivity index (χ1n) is 9.07. The Kier molecular flexibility index (Phi) is 5.73. The third kappa shape index (κ3) is 4.02. The van der Waals surface area contributed by atoms with Crippen molar-refractivity contribution in [2.75, 3.05) is 17.4 Å². The van der Waals surface area contributed by atoms with Gasteiger partial charge in [0.05, 0.1) is 22.1 Å². The van der Waals surface area contributed by atoms with Gasteiger partial charge in [0.15, 0.2) is 6.10 Å². The number of nitro groups is 1. The average Bonchev–Trinajstić information content (AvgIpc) is 2.71. The van der Waals surface area contributed by atoms with Crippen LogP contribution in [0.25, 0.3) is 0 Å². The number of hydrogen-bond donors (Lipinski definition) is 1. The molecule has 0 unspecified atom stereocenters. The Morgan fingerprint density at radius 2 is 2.03 bits per heavy atom. The van der Waals surface area contributed by atoms with Gasteiger partial charge in [0.25, 0.3) is 21.6 Å². The van der Waals surface area contributed by atoms with E-state index in [1.165, 1.54) is 19.1 Å². The van der Waals surface area contributed by atoms with E-state index in [9.17, 15) is 23.3 Å². The molecule has 0 aliphatic carbocycles. The highest BCUT2D eigenvalue weighted by molar-refractivity contribution is 7.92. The second kappa shape index (κ2) is 8.08. The number of hydrogen-bond acceptors (Lipinski definition) is 6. The van der Waals surface area contributed by atoms with E-state index in [4.69, 9.17) is 4.74 Å². The highest BCUT2D eigenvalue weighted by Crippen LogP contribution is 2.37. The zero-order valence-electron chi connectivity index (χ0n) is 16.0. The quantitative estimate of drug-likeness (QED) is 0.567. The summed E-state index contributed by atoms with van der Waals surface area (Å²) in [6.45, 7) is 3.64. The van der Waals surface area contributed by atoms with Crippen LogP contribution in [0.3, 0.4) is 0 Å². The maximum absolute atomic E-state index is 13.3. The van der Waals surface area contributed by atoms with Gasteiger partial charge >= 0.3 is 0 Å². The molecule has 0 bridgehead atoms. The molecular formula is C19H21N3O6S. The van der Waals surface area contributed by atoms with Gasteiger partial charge in [-0.25, -0.2) is 8.42 Å². The second-order valence-corrected chi connectivity index (χ2v) is 8.47. The minimum absolute atomic E-state index is 0.223. The lowest BCUT2D eigenvalue weighted by Gasteiger charge is -2.34. The summed E-state index contributed by atoms with van der Waals surface area (Å²) in [5.41, 5.74) is 0.341. The molecular weight excluding hydrogens is 398 g/mol. The van der Waals surface area contributed by atoms with Crippen molar-refractivity contribution in [2.24, 2.45) is 0 Å². The molecule has 1 amide bonds. The first-order valence-corrected chi connectivity index (χ1v) is 10.5. The first-order chi connectivity index (χ1) is 13.8. The first kappa shape index (κ1) is 20.6. The van der Waals surface area contributed by atoms with Crippen molar-refractivity contribution in [2.45, 2.75) is 31.3 Å². The maximum atomic E-state index is 13.3. The molecule has 1 atom stereocenters. The largest absolute Gasteiger partial charge is 0.476 e. The molecule has 0 aromatic heterocycles. The van der Waals surface area contributed by atoms with Gasteiger partial charge in [0.2, 0.25) is 0 Å². The number of nitrogens with one attached hydrogen (secondary N) is 1. The van der Waals surface area contributed by atoms with E-state index in [0.717, 1.165) is 16.8 Å². The predicted octanol–water partition coefficient (Wildman–Crippen LogP) is 2.39. The van der Waals surface area contributed by atoms with Crippen LogP contribution in [0.4, 0.5) is 11.4 Å². The molecule has 0 saturated heterocycles. The van der Waals surface area contributed by atoms with Crippen molar-refractivity contribution in [1.82, 2.24) is 5.32 Å². The molecule has 1 heterocycles. The molecule has 2 aromatic rings. The van der Waals surface area contributed by atoms with Gasteiger partial charge in [0.1, 0.15) is 5.75 Å². The zero-order chi connectivity index (χ0) is 21.2. The van der Waals surface area contributed by atoms with E-state index < -0.39 is 27.0 Å². The smallest absolute Gasteiger partial charge is 0.273 e. The molecule has 1 N–H and O–H groups in total. The van der Waals surface area contributed by atoms with E-state index >= 15 is 0 Å². The number of fused-ring (bicyclic) bond motifs is 1. The number of carbonyl (C=O) groups excluding carboxylic acids is 1. The van der Waals surface area contributed by atoms with Gasteiger partial charge < -0.3 is 10.1 Å². The number of amides is 1. The molecule has 0 fully saturated rings. The molecule has 10 heteroatoms. The Hall–Kier alpha value is -3.14. The van der Waals surface area contributed by atoms with Crippen LogP contribution in [0.5, 0.6) is 5.75 Å². The summed E-state index contributed by atoms with van der Waals surface area (Å²) in [6.07, 6.45) is -0.309. The van der Waals surface area contributed by atoms with Gasteiger partial charge in [0, 0.05) is 18.2 Å². The topological polar surface area (TPSA) is 119 Å². The summed E-state index contributed by atoms with van der Waals surface area (Å²) in [5.74, 6) is -0.169. The van der Waals surface area contributed by atoms with E-state index in [0.29, 0.717) is 12.1 Å². The normalized spacial score (nSPS) is 15.9. The van der Waals surface area contributed by atoms with E-state index in [-0.39, 0.29) is 28.6 Å². The van der Waals surface area contributed by atoms with Gasteiger partial charge in [-0.3, -0.25) is 19.2 Å². The van der Waals surface area contributed by atoms with Crippen LogP contribution in [0, 0.1) is 17.0 Å². The van der Waals surface area contributed by atoms with Crippen LogP contribution in [-0.2, 0) is 14.8 Å². The van der Waals surface area contributed by atoms with E-state index in [2.05, 4.69) is 5.32 Å². The summed E-state index contributed by atoms with van der Waals surface area (Å²) in [7, 11) is -4.17. The summed E-state index contributed by atoms with van der Waals surface area (Å²) in [5, 5.41) is 13.9. The molecule has 2 aromatic carbocycles. The minimum atomic E-state index is -4.17. The number of rotatable bonds is 6. The van der Waals surface area contributed by atoms with Crippen molar-refractivity contribution in [1.29, 1.82) is 0 Å². The van der Waals surface area contributed by atoms with Gasteiger partial charge in [-0.05, 0) is 31.5 Å². The Bertz CT molecular complexity index is 1050. The van der Waals surface area contributed by atoms with Crippen LogP contribution < -0.4 is 14.4 Å². The van der Waals surface area contributed by atoms with Crippen molar-refractivity contribution < 1.29 is 22.9 Å². The highest BCUT2D eigenvalue weighted by atomic mass is 32.2. The molecule has 0 spiro atoms. The van der Waals surface area contributed by atoms with E-state index in [1.54, 1.807) is 24.3 Å². The number of anilines is 1. The fraction of sp³-hybridized carbons (Fsp3) is 0.316. The van der Waals surface area contributed by atoms with Crippen LogP contribution in [0.1, 0.15) is 18.9 Å². The van der Waals surface area contributed by atoms with Crippen molar-refractivity contribution in [3.8, 4) is 5.75 Å². The lowest BCUT2D eigenvalue weighted by Crippen LogP contribution is -2.50. The molecule has 0 saturated carbocycles. The molecule has 1 aliphatic heterocycles. The van der Waals surface area contributed by atoms with E-state index in [1.807, 2.05) is 6.92 Å². The van der Waals surface area contributed by atoms with Gasteiger partial charge in [-0.1, -0.05) is 25.1 Å². The molecule has 9 nitrogen and oxygen atoms in total. The average molecular weight is 419 g/mol. The van der Waals surface area contributed by atoms with Crippen molar-refractivity contribution in [3.63, 3.8) is 0 Å². The highest BCUT2D eigenvalue weighted by Gasteiger charge is 2.37. The number of nitrogens with zero attached hydrogens (tertiary/aromatic N) is 2.